The van der Waals surface area contributed by atoms with Gasteiger partial charge in [0.05, 0.1) is 18.4 Å². The highest BCUT2D eigenvalue weighted by atomic mass is 16.5. The summed E-state index contributed by atoms with van der Waals surface area (Å²) in [6, 6.07) is 5.24. The van der Waals surface area contributed by atoms with Crippen molar-refractivity contribution in [1.29, 1.82) is 5.26 Å². The van der Waals surface area contributed by atoms with Crippen LogP contribution in [0.15, 0.2) is 12.1 Å². The van der Waals surface area contributed by atoms with Gasteiger partial charge in [-0.2, -0.15) is 5.26 Å². The Morgan fingerprint density at radius 3 is 2.87 bits per heavy atom. The summed E-state index contributed by atoms with van der Waals surface area (Å²) in [5.74, 6) is -0.106. The molecule has 1 aliphatic rings. The molecule has 76 valence electrons. The lowest BCUT2D eigenvalue weighted by atomic mass is 10.1. The molecule has 1 fully saturated rings. The van der Waals surface area contributed by atoms with Crippen LogP contribution in [0.5, 0.6) is 0 Å². The number of ether oxygens (including phenoxy) is 1. The molecule has 0 bridgehead atoms. The summed E-state index contributed by atoms with van der Waals surface area (Å²) in [6.07, 6.45) is 2.10. The Hall–Kier alpha value is -1.89. The smallest absolute Gasteiger partial charge is 0.356 e. The molecular weight excluding hydrogens is 192 g/mol. The molecule has 4 heteroatoms. The highest BCUT2D eigenvalue weighted by molar-refractivity contribution is 5.87. The first-order valence-electron chi connectivity index (χ1n) is 4.75. The summed E-state index contributed by atoms with van der Waals surface area (Å²) in [5, 5.41) is 8.88. The Bertz CT molecular complexity index is 444. The van der Waals surface area contributed by atoms with Crippen molar-refractivity contribution in [2.75, 3.05) is 7.11 Å². The molecule has 0 unspecified atom stereocenters. The zero-order valence-corrected chi connectivity index (χ0v) is 8.36. The van der Waals surface area contributed by atoms with Crippen LogP contribution in [0.3, 0.4) is 0 Å². The molecule has 0 spiro atoms. The Morgan fingerprint density at radius 1 is 1.60 bits per heavy atom. The van der Waals surface area contributed by atoms with Gasteiger partial charge in [0, 0.05) is 5.92 Å². The van der Waals surface area contributed by atoms with Gasteiger partial charge in [0.15, 0.2) is 0 Å². The summed E-state index contributed by atoms with van der Waals surface area (Å²) in [6.45, 7) is 0. The summed E-state index contributed by atoms with van der Waals surface area (Å²) in [7, 11) is 1.32. The molecule has 0 aliphatic heterocycles. The molecule has 0 N–H and O–H groups in total. The molecule has 0 aromatic carbocycles. The molecule has 1 saturated carbocycles. The molecule has 0 radical (unpaired) electrons. The van der Waals surface area contributed by atoms with E-state index in [2.05, 4.69) is 15.8 Å². The predicted molar refractivity (Wildman–Crippen MR) is 52.3 cm³/mol. The van der Waals surface area contributed by atoms with Crippen LogP contribution in [0.4, 0.5) is 0 Å². The van der Waals surface area contributed by atoms with Crippen molar-refractivity contribution in [1.82, 2.24) is 4.98 Å². The lowest BCUT2D eigenvalue weighted by Gasteiger charge is -2.03. The van der Waals surface area contributed by atoms with E-state index < -0.39 is 5.97 Å². The fourth-order valence-electron chi connectivity index (χ4n) is 1.46. The quantitative estimate of drug-likeness (QED) is 0.683. The second-order valence-electron chi connectivity index (χ2n) is 3.51. The van der Waals surface area contributed by atoms with Crippen LogP contribution in [-0.4, -0.2) is 18.1 Å². The number of nitriles is 1. The van der Waals surface area contributed by atoms with Gasteiger partial charge in [-0.25, -0.2) is 9.78 Å². The SMILES string of the molecule is COC(=O)c1ccc(C#N)c(C2CC2)n1. The van der Waals surface area contributed by atoms with Crippen molar-refractivity contribution < 1.29 is 9.53 Å². The standard InChI is InChI=1S/C11H10N2O2/c1-15-11(14)9-5-4-8(6-12)10(13-9)7-2-3-7/h4-5,7H,2-3H2,1H3. The average molecular weight is 202 g/mol. The van der Waals surface area contributed by atoms with Gasteiger partial charge in [0.25, 0.3) is 0 Å². The number of carbonyl (C=O) groups is 1. The predicted octanol–water partition coefficient (Wildman–Crippen LogP) is 1.62. The van der Waals surface area contributed by atoms with E-state index in [0.29, 0.717) is 11.5 Å². The van der Waals surface area contributed by atoms with E-state index in [-0.39, 0.29) is 5.69 Å². The van der Waals surface area contributed by atoms with Crippen LogP contribution in [0.2, 0.25) is 0 Å². The van der Waals surface area contributed by atoms with Crippen molar-refractivity contribution in [2.45, 2.75) is 18.8 Å². The van der Waals surface area contributed by atoms with E-state index in [4.69, 9.17) is 5.26 Å². The number of hydrogen-bond donors (Lipinski definition) is 0. The highest BCUT2D eigenvalue weighted by Gasteiger charge is 2.28. The van der Waals surface area contributed by atoms with Gasteiger partial charge in [0.2, 0.25) is 0 Å². The topological polar surface area (TPSA) is 63.0 Å². The first kappa shape index (κ1) is 9.66. The molecule has 15 heavy (non-hydrogen) atoms. The average Bonchev–Trinajstić information content (AvgIpc) is 3.11. The Balaban J connectivity index is 2.41. The number of rotatable bonds is 2. The zero-order valence-electron chi connectivity index (χ0n) is 8.36. The van der Waals surface area contributed by atoms with Crippen molar-refractivity contribution in [3.05, 3.63) is 29.1 Å². The number of hydrogen-bond acceptors (Lipinski definition) is 4. The van der Waals surface area contributed by atoms with Crippen LogP contribution in [0.25, 0.3) is 0 Å². The summed E-state index contributed by atoms with van der Waals surface area (Å²) < 4.78 is 4.58. The molecule has 2 rings (SSSR count). The van der Waals surface area contributed by atoms with Crippen LogP contribution in [-0.2, 0) is 4.74 Å². The summed E-state index contributed by atoms with van der Waals surface area (Å²) >= 11 is 0. The van der Waals surface area contributed by atoms with Crippen molar-refractivity contribution in [2.24, 2.45) is 0 Å². The van der Waals surface area contributed by atoms with E-state index in [1.807, 2.05) is 0 Å². The molecule has 4 nitrogen and oxygen atoms in total. The Labute approximate surface area is 87.5 Å². The third kappa shape index (κ3) is 1.82. The number of carbonyl (C=O) groups excluding carboxylic acids is 1. The molecule has 1 heterocycles. The Kier molecular flexibility index (Phi) is 2.38. The zero-order chi connectivity index (χ0) is 10.8. The molecule has 0 atom stereocenters. The van der Waals surface area contributed by atoms with Crippen LogP contribution in [0.1, 0.15) is 40.5 Å². The second-order valence-corrected chi connectivity index (χ2v) is 3.51. The van der Waals surface area contributed by atoms with Crippen LogP contribution in [0, 0.1) is 11.3 Å². The maximum Gasteiger partial charge on any atom is 0.356 e. The number of aromatic nitrogens is 1. The maximum absolute atomic E-state index is 11.2. The minimum Gasteiger partial charge on any atom is -0.464 e. The summed E-state index contributed by atoms with van der Waals surface area (Å²) in [4.78, 5) is 15.4. The van der Waals surface area contributed by atoms with Gasteiger partial charge in [-0.15, -0.1) is 0 Å². The van der Waals surface area contributed by atoms with E-state index in [9.17, 15) is 4.79 Å². The van der Waals surface area contributed by atoms with E-state index in [1.54, 1.807) is 6.07 Å². The van der Waals surface area contributed by atoms with Gasteiger partial charge < -0.3 is 4.74 Å². The molecular formula is C11H10N2O2. The Morgan fingerprint density at radius 2 is 2.33 bits per heavy atom. The van der Waals surface area contributed by atoms with Gasteiger partial charge >= 0.3 is 5.97 Å². The monoisotopic (exact) mass is 202 g/mol. The van der Waals surface area contributed by atoms with Gasteiger partial charge in [0.1, 0.15) is 11.8 Å². The van der Waals surface area contributed by atoms with Crippen LogP contribution >= 0.6 is 0 Å². The third-order valence-corrected chi connectivity index (χ3v) is 2.40. The molecule has 1 aliphatic carbocycles. The molecule has 1 aromatic heterocycles. The largest absolute Gasteiger partial charge is 0.464 e. The normalized spacial score (nSPS) is 14.4. The minimum atomic E-state index is -0.457. The van der Waals surface area contributed by atoms with Crippen LogP contribution < -0.4 is 0 Å². The van der Waals surface area contributed by atoms with Crippen molar-refractivity contribution in [3.63, 3.8) is 0 Å². The van der Waals surface area contributed by atoms with E-state index in [1.165, 1.54) is 13.2 Å². The van der Waals surface area contributed by atoms with Gasteiger partial charge in [-0.05, 0) is 25.0 Å². The van der Waals surface area contributed by atoms with Crippen molar-refractivity contribution in [3.8, 4) is 6.07 Å². The second kappa shape index (κ2) is 3.70. The number of pyridine rings is 1. The van der Waals surface area contributed by atoms with E-state index in [0.717, 1.165) is 18.5 Å². The fourth-order valence-corrected chi connectivity index (χ4v) is 1.46. The third-order valence-electron chi connectivity index (χ3n) is 2.40. The molecule has 0 saturated heterocycles. The number of methoxy groups -OCH3 is 1. The van der Waals surface area contributed by atoms with Crippen molar-refractivity contribution >= 4 is 5.97 Å². The fraction of sp³-hybridized carbons (Fsp3) is 0.364. The van der Waals surface area contributed by atoms with Gasteiger partial charge in [-0.1, -0.05) is 0 Å². The van der Waals surface area contributed by atoms with Gasteiger partial charge in [-0.3, -0.25) is 0 Å². The lowest BCUT2D eigenvalue weighted by molar-refractivity contribution is 0.0593. The number of nitrogens with zero attached hydrogens (tertiary/aromatic N) is 2. The van der Waals surface area contributed by atoms with E-state index >= 15 is 0 Å². The highest BCUT2D eigenvalue weighted by Crippen LogP contribution is 2.40. The minimum absolute atomic E-state index is 0.276. The first-order valence-corrected chi connectivity index (χ1v) is 4.75. The molecule has 0 amide bonds. The number of esters is 1. The molecule has 1 aromatic rings. The lowest BCUT2D eigenvalue weighted by Crippen LogP contribution is -2.06. The maximum atomic E-state index is 11.2. The summed E-state index contributed by atoms with van der Waals surface area (Å²) in [5.41, 5.74) is 1.57. The first-order chi connectivity index (χ1) is 7.26.